The van der Waals surface area contributed by atoms with Crippen molar-refractivity contribution in [2.75, 3.05) is 18.0 Å². The minimum Gasteiger partial charge on any atom is -0.372 e. The van der Waals surface area contributed by atoms with Crippen LogP contribution in [0.2, 0.25) is 0 Å². The maximum Gasteiger partial charge on any atom is 0.283 e. The molecule has 1 saturated heterocycles. The van der Waals surface area contributed by atoms with Gasteiger partial charge in [-0.3, -0.25) is 0 Å². The predicted molar refractivity (Wildman–Crippen MR) is 109 cm³/mol. The standard InChI is InChI=1S/C19H20BrN3O3S/c1-13-11-22(12-14(2)26-13)19-18-16(20)9-6-10-17(18)23(21-19)27(24,25)15-7-4-3-5-8-15/h3-10,13-14H,11-12H2,1-2H3/t13-,14+. The third-order valence-electron chi connectivity index (χ3n) is 4.59. The van der Waals surface area contributed by atoms with Crippen LogP contribution in [0.1, 0.15) is 13.8 Å². The van der Waals surface area contributed by atoms with Gasteiger partial charge in [0.05, 0.1) is 28.0 Å². The average Bonchev–Trinajstić information content (AvgIpc) is 3.03. The Hall–Kier alpha value is -1.90. The van der Waals surface area contributed by atoms with Crippen LogP contribution in [-0.2, 0) is 14.8 Å². The number of aromatic nitrogens is 2. The zero-order valence-corrected chi connectivity index (χ0v) is 17.4. The Bertz CT molecular complexity index is 1070. The largest absolute Gasteiger partial charge is 0.372 e. The van der Waals surface area contributed by atoms with Gasteiger partial charge in [-0.15, -0.1) is 5.10 Å². The number of morpholine rings is 1. The Morgan fingerprint density at radius 3 is 2.37 bits per heavy atom. The highest BCUT2D eigenvalue weighted by atomic mass is 79.9. The zero-order valence-electron chi connectivity index (χ0n) is 15.0. The molecule has 27 heavy (non-hydrogen) atoms. The highest BCUT2D eigenvalue weighted by Gasteiger charge is 2.30. The van der Waals surface area contributed by atoms with Gasteiger partial charge in [-0.2, -0.15) is 12.5 Å². The minimum absolute atomic E-state index is 0.0437. The van der Waals surface area contributed by atoms with Crippen molar-refractivity contribution in [3.05, 3.63) is 53.0 Å². The molecule has 2 atom stereocenters. The summed E-state index contributed by atoms with van der Waals surface area (Å²) in [5.74, 6) is 0.652. The molecule has 2 aromatic carbocycles. The number of hydrogen-bond donors (Lipinski definition) is 0. The fraction of sp³-hybridized carbons (Fsp3) is 0.316. The Labute approximate surface area is 166 Å². The first-order valence-corrected chi connectivity index (χ1v) is 11.0. The molecular weight excluding hydrogens is 430 g/mol. The van der Waals surface area contributed by atoms with Crippen molar-refractivity contribution in [2.45, 2.75) is 31.0 Å². The van der Waals surface area contributed by atoms with E-state index in [1.54, 1.807) is 36.4 Å². The van der Waals surface area contributed by atoms with Crippen molar-refractivity contribution in [1.82, 2.24) is 9.19 Å². The van der Waals surface area contributed by atoms with E-state index < -0.39 is 10.0 Å². The SMILES string of the molecule is C[C@@H]1CN(c2nn(S(=O)(=O)c3ccccc3)c3cccc(Br)c23)C[C@H](C)O1. The Morgan fingerprint density at radius 2 is 1.70 bits per heavy atom. The Balaban J connectivity index is 1.93. The fourth-order valence-electron chi connectivity index (χ4n) is 3.53. The first kappa shape index (κ1) is 18.5. The van der Waals surface area contributed by atoms with Crippen molar-refractivity contribution >= 4 is 42.7 Å². The van der Waals surface area contributed by atoms with Gasteiger partial charge in [0, 0.05) is 17.6 Å². The smallest absolute Gasteiger partial charge is 0.283 e. The molecule has 2 heterocycles. The first-order chi connectivity index (χ1) is 12.9. The number of anilines is 1. The average molecular weight is 450 g/mol. The molecular formula is C19H20BrN3O3S. The molecule has 3 aromatic rings. The topological polar surface area (TPSA) is 64.4 Å². The monoisotopic (exact) mass is 449 g/mol. The van der Waals surface area contributed by atoms with E-state index in [1.807, 2.05) is 26.0 Å². The molecule has 6 nitrogen and oxygen atoms in total. The highest BCUT2D eigenvalue weighted by Crippen LogP contribution is 2.35. The van der Waals surface area contributed by atoms with Gasteiger partial charge in [0.2, 0.25) is 0 Å². The summed E-state index contributed by atoms with van der Waals surface area (Å²) >= 11 is 3.57. The van der Waals surface area contributed by atoms with E-state index in [9.17, 15) is 8.42 Å². The lowest BCUT2D eigenvalue weighted by Crippen LogP contribution is -2.45. The number of hydrogen-bond acceptors (Lipinski definition) is 5. The first-order valence-electron chi connectivity index (χ1n) is 8.76. The second-order valence-corrected chi connectivity index (χ2v) is 9.40. The summed E-state index contributed by atoms with van der Waals surface area (Å²) in [5, 5.41) is 5.35. The predicted octanol–water partition coefficient (Wildman–Crippen LogP) is 3.65. The van der Waals surface area contributed by atoms with Crippen LogP contribution in [0.3, 0.4) is 0 Å². The Kier molecular flexibility index (Phi) is 4.73. The minimum atomic E-state index is -3.80. The van der Waals surface area contributed by atoms with E-state index in [1.165, 1.54) is 0 Å². The highest BCUT2D eigenvalue weighted by molar-refractivity contribution is 9.10. The fourth-order valence-corrected chi connectivity index (χ4v) is 5.36. The van der Waals surface area contributed by atoms with Gasteiger partial charge in [0.1, 0.15) is 0 Å². The second kappa shape index (κ2) is 6.92. The molecule has 1 fully saturated rings. The van der Waals surface area contributed by atoms with Crippen LogP contribution >= 0.6 is 15.9 Å². The third kappa shape index (κ3) is 3.26. The van der Waals surface area contributed by atoms with Crippen molar-refractivity contribution < 1.29 is 13.2 Å². The molecule has 0 amide bonds. The number of ether oxygens (including phenoxy) is 1. The van der Waals surface area contributed by atoms with Gasteiger partial charge in [-0.05, 0) is 54.0 Å². The summed E-state index contributed by atoms with van der Waals surface area (Å²) < 4.78 is 34.2. The van der Waals surface area contributed by atoms with Gasteiger partial charge < -0.3 is 9.64 Å². The van der Waals surface area contributed by atoms with Crippen LogP contribution in [0.4, 0.5) is 5.82 Å². The van der Waals surface area contributed by atoms with E-state index in [-0.39, 0.29) is 17.1 Å². The van der Waals surface area contributed by atoms with Crippen LogP contribution in [0.5, 0.6) is 0 Å². The molecule has 142 valence electrons. The normalized spacial score (nSPS) is 20.9. The molecule has 4 rings (SSSR count). The van der Waals surface area contributed by atoms with Crippen molar-refractivity contribution in [3.8, 4) is 0 Å². The summed E-state index contributed by atoms with van der Waals surface area (Å²) in [4.78, 5) is 2.31. The van der Waals surface area contributed by atoms with E-state index >= 15 is 0 Å². The van der Waals surface area contributed by atoms with Crippen molar-refractivity contribution in [1.29, 1.82) is 0 Å². The lowest BCUT2D eigenvalue weighted by Gasteiger charge is -2.35. The number of halogens is 1. The molecule has 8 heteroatoms. The lowest BCUT2D eigenvalue weighted by molar-refractivity contribution is -0.00538. The molecule has 0 saturated carbocycles. The number of rotatable bonds is 3. The lowest BCUT2D eigenvalue weighted by atomic mass is 10.2. The molecule has 1 aliphatic rings. The van der Waals surface area contributed by atoms with Gasteiger partial charge >= 0.3 is 0 Å². The van der Waals surface area contributed by atoms with Crippen LogP contribution < -0.4 is 4.90 Å². The van der Waals surface area contributed by atoms with Crippen LogP contribution in [0.15, 0.2) is 57.9 Å². The van der Waals surface area contributed by atoms with Gasteiger partial charge in [-0.25, -0.2) is 0 Å². The summed E-state index contributed by atoms with van der Waals surface area (Å²) in [7, 11) is -3.80. The summed E-state index contributed by atoms with van der Waals surface area (Å²) in [5.41, 5.74) is 0.551. The van der Waals surface area contributed by atoms with Gasteiger partial charge in [0.15, 0.2) is 5.82 Å². The molecule has 0 unspecified atom stereocenters. The van der Waals surface area contributed by atoms with Crippen molar-refractivity contribution in [3.63, 3.8) is 0 Å². The summed E-state index contributed by atoms with van der Waals surface area (Å²) in [6.07, 6.45) is 0.0873. The maximum atomic E-state index is 13.2. The quantitative estimate of drug-likeness (QED) is 0.610. The molecule has 1 aromatic heterocycles. The molecule has 0 bridgehead atoms. The third-order valence-corrected chi connectivity index (χ3v) is 6.86. The molecule has 0 aliphatic carbocycles. The Morgan fingerprint density at radius 1 is 1.04 bits per heavy atom. The molecule has 0 spiro atoms. The van der Waals surface area contributed by atoms with E-state index in [4.69, 9.17) is 4.74 Å². The zero-order chi connectivity index (χ0) is 19.2. The van der Waals surface area contributed by atoms with Crippen molar-refractivity contribution in [2.24, 2.45) is 0 Å². The summed E-state index contributed by atoms with van der Waals surface area (Å²) in [6.45, 7) is 5.33. The maximum absolute atomic E-state index is 13.2. The number of benzene rings is 2. The van der Waals surface area contributed by atoms with E-state index in [0.717, 1.165) is 13.9 Å². The second-order valence-electron chi connectivity index (χ2n) is 6.78. The molecule has 0 N–H and O–H groups in total. The molecule has 0 radical (unpaired) electrons. The molecule has 1 aliphatic heterocycles. The number of nitrogens with zero attached hydrogens (tertiary/aromatic N) is 3. The van der Waals surface area contributed by atoms with E-state index in [2.05, 4.69) is 25.9 Å². The van der Waals surface area contributed by atoms with Gasteiger partial charge in [-0.1, -0.05) is 24.3 Å². The van der Waals surface area contributed by atoms with Crippen LogP contribution in [0, 0.1) is 0 Å². The number of fused-ring (bicyclic) bond motifs is 1. The van der Waals surface area contributed by atoms with Crippen LogP contribution in [0.25, 0.3) is 10.9 Å². The van der Waals surface area contributed by atoms with Crippen LogP contribution in [-0.4, -0.2) is 42.9 Å². The summed E-state index contributed by atoms with van der Waals surface area (Å²) in [6, 6.07) is 13.9. The van der Waals surface area contributed by atoms with E-state index in [0.29, 0.717) is 24.4 Å². The van der Waals surface area contributed by atoms with Gasteiger partial charge in [0.25, 0.3) is 10.0 Å².